The quantitative estimate of drug-likeness (QED) is 0.788. The summed E-state index contributed by atoms with van der Waals surface area (Å²) in [5.74, 6) is -0.623. The third kappa shape index (κ3) is 2.28. The zero-order valence-corrected chi connectivity index (χ0v) is 11.5. The molecule has 0 aromatic carbocycles. The SMILES string of the molecule is COC(=O)c1sc2ncn(CC(C)=O)c(=O)c2c1C. The lowest BCUT2D eigenvalue weighted by molar-refractivity contribution is -0.117. The number of hydrogen-bond donors (Lipinski definition) is 0. The van der Waals surface area contributed by atoms with Crippen molar-refractivity contribution in [3.05, 3.63) is 27.1 Å². The first-order valence-corrected chi connectivity index (χ1v) is 6.33. The first kappa shape index (κ1) is 13.4. The molecule has 0 bridgehead atoms. The van der Waals surface area contributed by atoms with E-state index in [4.69, 9.17) is 0 Å². The molecular weight excluding hydrogens is 268 g/mol. The lowest BCUT2D eigenvalue weighted by Gasteiger charge is -2.01. The summed E-state index contributed by atoms with van der Waals surface area (Å²) in [6, 6.07) is 0. The number of fused-ring (bicyclic) bond motifs is 1. The molecule has 2 rings (SSSR count). The minimum absolute atomic E-state index is 0.0232. The van der Waals surface area contributed by atoms with E-state index in [2.05, 4.69) is 9.72 Å². The molecule has 0 saturated heterocycles. The van der Waals surface area contributed by atoms with E-state index in [0.29, 0.717) is 20.7 Å². The van der Waals surface area contributed by atoms with Crippen molar-refractivity contribution in [1.29, 1.82) is 0 Å². The Bertz CT molecular complexity index is 729. The number of rotatable bonds is 3. The average molecular weight is 280 g/mol. The van der Waals surface area contributed by atoms with Crippen LogP contribution in [0.5, 0.6) is 0 Å². The van der Waals surface area contributed by atoms with E-state index in [1.54, 1.807) is 6.92 Å². The minimum atomic E-state index is -0.488. The molecule has 0 amide bonds. The lowest BCUT2D eigenvalue weighted by Crippen LogP contribution is -2.23. The first-order chi connectivity index (χ1) is 8.95. The maximum Gasteiger partial charge on any atom is 0.348 e. The Morgan fingerprint density at radius 3 is 2.74 bits per heavy atom. The van der Waals surface area contributed by atoms with Crippen molar-refractivity contribution < 1.29 is 14.3 Å². The number of nitrogens with zero attached hydrogens (tertiary/aromatic N) is 2. The van der Waals surface area contributed by atoms with Crippen LogP contribution in [-0.4, -0.2) is 28.4 Å². The number of esters is 1. The Labute approximate surface area is 112 Å². The largest absolute Gasteiger partial charge is 0.465 e. The zero-order valence-electron chi connectivity index (χ0n) is 10.7. The van der Waals surface area contributed by atoms with Gasteiger partial charge >= 0.3 is 5.97 Å². The number of ether oxygens (including phenoxy) is 1. The van der Waals surface area contributed by atoms with Gasteiger partial charge in [0.15, 0.2) is 0 Å². The van der Waals surface area contributed by atoms with E-state index in [9.17, 15) is 14.4 Å². The number of ketones is 1. The van der Waals surface area contributed by atoms with Gasteiger partial charge in [-0.3, -0.25) is 14.2 Å². The second kappa shape index (κ2) is 4.93. The molecule has 2 heterocycles. The van der Waals surface area contributed by atoms with Crippen LogP contribution in [0.25, 0.3) is 10.2 Å². The molecule has 2 aromatic rings. The van der Waals surface area contributed by atoms with Crippen LogP contribution in [0.1, 0.15) is 22.2 Å². The van der Waals surface area contributed by atoms with Gasteiger partial charge in [-0.15, -0.1) is 11.3 Å². The van der Waals surface area contributed by atoms with Gasteiger partial charge in [-0.25, -0.2) is 9.78 Å². The monoisotopic (exact) mass is 280 g/mol. The first-order valence-electron chi connectivity index (χ1n) is 5.52. The molecule has 0 N–H and O–H groups in total. The fraction of sp³-hybridized carbons (Fsp3) is 0.333. The van der Waals surface area contributed by atoms with Crippen molar-refractivity contribution in [2.75, 3.05) is 7.11 Å². The van der Waals surface area contributed by atoms with Gasteiger partial charge in [-0.2, -0.15) is 0 Å². The second-order valence-corrected chi connectivity index (χ2v) is 5.11. The van der Waals surface area contributed by atoms with Crippen LogP contribution in [0.3, 0.4) is 0 Å². The molecule has 0 spiro atoms. The van der Waals surface area contributed by atoms with Crippen LogP contribution in [0.4, 0.5) is 0 Å². The van der Waals surface area contributed by atoms with Crippen molar-refractivity contribution in [2.24, 2.45) is 0 Å². The number of carbonyl (C=O) groups is 2. The van der Waals surface area contributed by atoms with E-state index in [1.807, 2.05) is 0 Å². The average Bonchev–Trinajstić information content (AvgIpc) is 2.69. The summed E-state index contributed by atoms with van der Waals surface area (Å²) in [5.41, 5.74) is 0.228. The molecule has 0 aliphatic rings. The molecule has 100 valence electrons. The predicted octanol–water partition coefficient (Wildman–Crippen LogP) is 1.14. The summed E-state index contributed by atoms with van der Waals surface area (Å²) in [6.07, 6.45) is 1.32. The number of aromatic nitrogens is 2. The highest BCUT2D eigenvalue weighted by Gasteiger charge is 2.19. The number of thiophene rings is 1. The summed E-state index contributed by atoms with van der Waals surface area (Å²) in [4.78, 5) is 39.8. The van der Waals surface area contributed by atoms with Crippen LogP contribution in [-0.2, 0) is 16.1 Å². The highest BCUT2D eigenvalue weighted by atomic mass is 32.1. The maximum absolute atomic E-state index is 12.2. The molecule has 0 aliphatic heterocycles. The number of carbonyl (C=O) groups excluding carboxylic acids is 2. The smallest absolute Gasteiger partial charge is 0.348 e. The molecule has 2 aromatic heterocycles. The van der Waals surface area contributed by atoms with E-state index < -0.39 is 5.97 Å². The Morgan fingerprint density at radius 1 is 1.47 bits per heavy atom. The van der Waals surface area contributed by atoms with Crippen molar-refractivity contribution in [3.8, 4) is 0 Å². The summed E-state index contributed by atoms with van der Waals surface area (Å²) in [6.45, 7) is 3.05. The molecule has 0 radical (unpaired) electrons. The highest BCUT2D eigenvalue weighted by Crippen LogP contribution is 2.27. The molecule has 7 heteroatoms. The summed E-state index contributed by atoms with van der Waals surface area (Å²) >= 11 is 1.11. The number of hydrogen-bond acceptors (Lipinski definition) is 6. The Kier molecular flexibility index (Phi) is 3.48. The molecule has 0 saturated carbocycles. The van der Waals surface area contributed by atoms with Crippen LogP contribution in [0, 0.1) is 6.92 Å². The molecule has 0 unspecified atom stereocenters. The van der Waals surface area contributed by atoms with E-state index in [1.165, 1.54) is 24.9 Å². The van der Waals surface area contributed by atoms with Crippen molar-refractivity contribution in [1.82, 2.24) is 9.55 Å². The van der Waals surface area contributed by atoms with E-state index in [0.717, 1.165) is 11.3 Å². The Morgan fingerprint density at radius 2 is 2.16 bits per heavy atom. The van der Waals surface area contributed by atoms with Crippen molar-refractivity contribution in [3.63, 3.8) is 0 Å². The normalized spacial score (nSPS) is 10.7. The van der Waals surface area contributed by atoms with Crippen LogP contribution in [0.2, 0.25) is 0 Å². The minimum Gasteiger partial charge on any atom is -0.465 e. The molecule has 19 heavy (non-hydrogen) atoms. The summed E-state index contributed by atoms with van der Waals surface area (Å²) in [7, 11) is 1.29. The lowest BCUT2D eigenvalue weighted by atomic mass is 10.2. The fourth-order valence-electron chi connectivity index (χ4n) is 1.80. The van der Waals surface area contributed by atoms with Gasteiger partial charge in [0.25, 0.3) is 5.56 Å². The third-order valence-corrected chi connectivity index (χ3v) is 3.86. The Hall–Kier alpha value is -2.02. The predicted molar refractivity (Wildman–Crippen MR) is 70.6 cm³/mol. The van der Waals surface area contributed by atoms with Gasteiger partial charge in [-0.05, 0) is 19.4 Å². The summed E-state index contributed by atoms with van der Waals surface area (Å²) in [5, 5.41) is 0.370. The van der Waals surface area contributed by atoms with Gasteiger partial charge in [0.2, 0.25) is 0 Å². The molecule has 6 nitrogen and oxygen atoms in total. The van der Waals surface area contributed by atoms with Gasteiger partial charge in [-0.1, -0.05) is 0 Å². The van der Waals surface area contributed by atoms with E-state index in [-0.39, 0.29) is 17.9 Å². The van der Waals surface area contributed by atoms with Crippen LogP contribution in [0.15, 0.2) is 11.1 Å². The number of methoxy groups -OCH3 is 1. The molecule has 0 atom stereocenters. The van der Waals surface area contributed by atoms with Crippen LogP contribution >= 0.6 is 11.3 Å². The maximum atomic E-state index is 12.2. The number of Topliss-reactive ketones (excluding diaryl/α,β-unsaturated/α-hetero) is 1. The standard InChI is InChI=1S/C12H12N2O4S/c1-6(15)4-14-5-13-10-8(11(14)16)7(2)9(19-10)12(17)18-3/h5H,4H2,1-3H3. The van der Waals surface area contributed by atoms with Gasteiger partial charge in [0.1, 0.15) is 15.5 Å². The fourth-order valence-corrected chi connectivity index (χ4v) is 2.86. The van der Waals surface area contributed by atoms with E-state index >= 15 is 0 Å². The number of aryl methyl sites for hydroxylation is 1. The van der Waals surface area contributed by atoms with Crippen molar-refractivity contribution in [2.45, 2.75) is 20.4 Å². The van der Waals surface area contributed by atoms with Gasteiger partial charge in [0, 0.05) is 0 Å². The zero-order chi connectivity index (χ0) is 14.2. The molecule has 0 fully saturated rings. The molecular formula is C12H12N2O4S. The second-order valence-electron chi connectivity index (χ2n) is 4.11. The van der Waals surface area contributed by atoms with Crippen molar-refractivity contribution >= 4 is 33.3 Å². The Balaban J connectivity index is 2.69. The third-order valence-electron chi connectivity index (χ3n) is 2.68. The van der Waals surface area contributed by atoms with Crippen LogP contribution < -0.4 is 5.56 Å². The topological polar surface area (TPSA) is 78.3 Å². The van der Waals surface area contributed by atoms with Gasteiger partial charge < -0.3 is 4.74 Å². The van der Waals surface area contributed by atoms with Gasteiger partial charge in [0.05, 0.1) is 25.4 Å². The summed E-state index contributed by atoms with van der Waals surface area (Å²) < 4.78 is 5.90. The highest BCUT2D eigenvalue weighted by molar-refractivity contribution is 7.20. The molecule has 0 aliphatic carbocycles.